The average Bonchev–Trinajstić information content (AvgIpc) is 2.43. The summed E-state index contributed by atoms with van der Waals surface area (Å²) in [5.41, 5.74) is 2.00. The first kappa shape index (κ1) is 14.4. The second kappa shape index (κ2) is 6.40. The van der Waals surface area contributed by atoms with Crippen LogP contribution in [0, 0.1) is 11.7 Å². The van der Waals surface area contributed by atoms with Crippen molar-refractivity contribution >= 4 is 23.2 Å². The van der Waals surface area contributed by atoms with Crippen LogP contribution >= 0.6 is 23.2 Å². The zero-order chi connectivity index (χ0) is 13.8. The summed E-state index contributed by atoms with van der Waals surface area (Å²) in [6.07, 6.45) is 0.719. The third-order valence-corrected chi connectivity index (χ3v) is 4.15. The monoisotopic (exact) mass is 296 g/mol. The SMILES string of the molecule is CC(Cc1ccc(Cl)c(F)c1)C(Cl)c1ccccc1. The van der Waals surface area contributed by atoms with E-state index in [-0.39, 0.29) is 22.1 Å². The highest BCUT2D eigenvalue weighted by molar-refractivity contribution is 6.30. The van der Waals surface area contributed by atoms with E-state index < -0.39 is 0 Å². The van der Waals surface area contributed by atoms with E-state index in [4.69, 9.17) is 23.2 Å². The molecule has 0 aliphatic rings. The third-order valence-electron chi connectivity index (χ3n) is 3.16. The van der Waals surface area contributed by atoms with Gasteiger partial charge in [-0.2, -0.15) is 0 Å². The Kier molecular flexibility index (Phi) is 4.84. The predicted octanol–water partition coefficient (Wildman–Crippen LogP) is 5.64. The van der Waals surface area contributed by atoms with E-state index in [1.54, 1.807) is 6.07 Å². The lowest BCUT2D eigenvalue weighted by atomic mass is 9.94. The van der Waals surface area contributed by atoms with Crippen molar-refractivity contribution in [3.8, 4) is 0 Å². The number of rotatable bonds is 4. The van der Waals surface area contributed by atoms with Crippen LogP contribution in [0.2, 0.25) is 5.02 Å². The van der Waals surface area contributed by atoms with Gasteiger partial charge in [-0.1, -0.05) is 54.9 Å². The van der Waals surface area contributed by atoms with Crippen LogP contribution in [-0.4, -0.2) is 0 Å². The van der Waals surface area contributed by atoms with Crippen molar-refractivity contribution in [3.05, 3.63) is 70.5 Å². The van der Waals surface area contributed by atoms with Gasteiger partial charge in [-0.05, 0) is 35.6 Å². The summed E-state index contributed by atoms with van der Waals surface area (Å²) in [6, 6.07) is 14.8. The van der Waals surface area contributed by atoms with Crippen molar-refractivity contribution in [2.45, 2.75) is 18.7 Å². The lowest BCUT2D eigenvalue weighted by Crippen LogP contribution is -2.07. The second-order valence-electron chi connectivity index (χ2n) is 4.74. The van der Waals surface area contributed by atoms with Crippen molar-refractivity contribution in [1.29, 1.82) is 0 Å². The second-order valence-corrected chi connectivity index (χ2v) is 5.62. The minimum atomic E-state index is -0.378. The Bertz CT molecular complexity index is 540. The van der Waals surface area contributed by atoms with Crippen LogP contribution in [-0.2, 0) is 6.42 Å². The van der Waals surface area contributed by atoms with Gasteiger partial charge < -0.3 is 0 Å². The summed E-state index contributed by atoms with van der Waals surface area (Å²) in [5, 5.41) is 0.0711. The Morgan fingerprint density at radius 3 is 2.42 bits per heavy atom. The molecule has 0 amide bonds. The number of hydrogen-bond donors (Lipinski definition) is 0. The van der Waals surface area contributed by atoms with Gasteiger partial charge in [-0.15, -0.1) is 11.6 Å². The van der Waals surface area contributed by atoms with E-state index in [9.17, 15) is 4.39 Å². The zero-order valence-electron chi connectivity index (χ0n) is 10.6. The topological polar surface area (TPSA) is 0 Å². The molecule has 0 fully saturated rings. The van der Waals surface area contributed by atoms with E-state index in [0.717, 1.165) is 17.5 Å². The molecule has 0 aliphatic carbocycles. The van der Waals surface area contributed by atoms with Crippen LogP contribution in [0.5, 0.6) is 0 Å². The first-order valence-corrected chi connectivity index (χ1v) is 7.02. The standard InChI is InChI=1S/C16H15Cl2F/c1-11(16(18)13-5-3-2-4-6-13)9-12-7-8-14(17)15(19)10-12/h2-8,10-11,16H,9H2,1H3. The molecular weight excluding hydrogens is 282 g/mol. The highest BCUT2D eigenvalue weighted by Crippen LogP contribution is 2.31. The summed E-state index contributed by atoms with van der Waals surface area (Å²) in [7, 11) is 0. The fraction of sp³-hybridized carbons (Fsp3) is 0.250. The van der Waals surface area contributed by atoms with Gasteiger partial charge in [-0.3, -0.25) is 0 Å². The van der Waals surface area contributed by atoms with Gasteiger partial charge in [0.1, 0.15) is 5.82 Å². The minimum absolute atomic E-state index is 0.0834. The summed E-state index contributed by atoms with van der Waals surface area (Å²) in [4.78, 5) is 0. The molecule has 0 nitrogen and oxygen atoms in total. The van der Waals surface area contributed by atoms with Crippen molar-refractivity contribution in [1.82, 2.24) is 0 Å². The van der Waals surface area contributed by atoms with Gasteiger partial charge >= 0.3 is 0 Å². The number of alkyl halides is 1. The van der Waals surface area contributed by atoms with Crippen LogP contribution in [0.4, 0.5) is 4.39 Å². The molecule has 2 rings (SSSR count). The van der Waals surface area contributed by atoms with Crippen molar-refractivity contribution in [3.63, 3.8) is 0 Å². The van der Waals surface area contributed by atoms with E-state index in [0.29, 0.717) is 0 Å². The van der Waals surface area contributed by atoms with Crippen LogP contribution in [0.25, 0.3) is 0 Å². The van der Waals surface area contributed by atoms with Crippen molar-refractivity contribution in [2.24, 2.45) is 5.92 Å². The molecule has 2 aromatic carbocycles. The summed E-state index contributed by atoms with van der Waals surface area (Å²) in [6.45, 7) is 2.07. The van der Waals surface area contributed by atoms with Gasteiger partial charge in [0.25, 0.3) is 0 Å². The fourth-order valence-electron chi connectivity index (χ4n) is 2.11. The van der Waals surface area contributed by atoms with Crippen LogP contribution in [0.1, 0.15) is 23.4 Å². The van der Waals surface area contributed by atoms with Gasteiger partial charge in [0.05, 0.1) is 10.4 Å². The predicted molar refractivity (Wildman–Crippen MR) is 79.3 cm³/mol. The maximum atomic E-state index is 13.4. The lowest BCUT2D eigenvalue weighted by Gasteiger charge is -2.18. The molecule has 0 heterocycles. The Labute approximate surface area is 123 Å². The summed E-state index contributed by atoms with van der Waals surface area (Å²) in [5.74, 6) is -0.165. The smallest absolute Gasteiger partial charge is 0.142 e. The molecule has 2 atom stereocenters. The molecule has 0 aliphatic heterocycles. The Morgan fingerprint density at radius 2 is 1.79 bits per heavy atom. The highest BCUT2D eigenvalue weighted by atomic mass is 35.5. The van der Waals surface area contributed by atoms with Crippen molar-refractivity contribution in [2.75, 3.05) is 0 Å². The molecule has 0 bridgehead atoms. The fourth-order valence-corrected chi connectivity index (χ4v) is 2.46. The van der Waals surface area contributed by atoms with Crippen LogP contribution in [0.3, 0.4) is 0 Å². The van der Waals surface area contributed by atoms with Gasteiger partial charge in [-0.25, -0.2) is 4.39 Å². The molecule has 0 spiro atoms. The molecule has 100 valence electrons. The number of benzene rings is 2. The van der Waals surface area contributed by atoms with Gasteiger partial charge in [0.2, 0.25) is 0 Å². The van der Waals surface area contributed by atoms with Gasteiger partial charge in [0, 0.05) is 0 Å². The Balaban J connectivity index is 2.08. The quantitative estimate of drug-likeness (QED) is 0.641. The molecule has 0 saturated heterocycles. The van der Waals surface area contributed by atoms with E-state index in [2.05, 4.69) is 6.92 Å². The van der Waals surface area contributed by atoms with Crippen LogP contribution < -0.4 is 0 Å². The third kappa shape index (κ3) is 3.71. The maximum Gasteiger partial charge on any atom is 0.142 e. The lowest BCUT2D eigenvalue weighted by molar-refractivity contribution is 0.554. The summed E-state index contributed by atoms with van der Waals surface area (Å²) >= 11 is 12.1. The molecule has 0 N–H and O–H groups in total. The highest BCUT2D eigenvalue weighted by Gasteiger charge is 2.17. The molecule has 3 heteroatoms. The average molecular weight is 297 g/mol. The molecule has 2 aromatic rings. The van der Waals surface area contributed by atoms with E-state index in [1.165, 1.54) is 6.07 Å². The molecule has 19 heavy (non-hydrogen) atoms. The maximum absolute atomic E-state index is 13.4. The first-order chi connectivity index (χ1) is 9.08. The van der Waals surface area contributed by atoms with E-state index >= 15 is 0 Å². The summed E-state index contributed by atoms with van der Waals surface area (Å²) < 4.78 is 13.4. The van der Waals surface area contributed by atoms with Crippen molar-refractivity contribution < 1.29 is 4.39 Å². The number of halogens is 3. The first-order valence-electron chi connectivity index (χ1n) is 6.21. The minimum Gasteiger partial charge on any atom is -0.205 e. The number of hydrogen-bond acceptors (Lipinski definition) is 0. The Morgan fingerprint density at radius 1 is 1.11 bits per heavy atom. The molecule has 0 aromatic heterocycles. The Hall–Kier alpha value is -1.05. The van der Waals surface area contributed by atoms with Gasteiger partial charge in [0.15, 0.2) is 0 Å². The molecule has 0 radical (unpaired) electrons. The molecule has 2 unspecified atom stereocenters. The largest absolute Gasteiger partial charge is 0.205 e. The zero-order valence-corrected chi connectivity index (χ0v) is 12.1. The van der Waals surface area contributed by atoms with Crippen LogP contribution in [0.15, 0.2) is 48.5 Å². The molecule has 0 saturated carbocycles. The molecular formula is C16H15Cl2F. The van der Waals surface area contributed by atoms with E-state index in [1.807, 2.05) is 36.4 Å². The normalized spacial score (nSPS) is 14.1.